The maximum Gasteiger partial charge on any atom is 0.293 e. The summed E-state index contributed by atoms with van der Waals surface area (Å²) in [4.78, 5) is 39.9. The Morgan fingerprint density at radius 3 is 2.48 bits per heavy atom. The lowest BCUT2D eigenvalue weighted by molar-refractivity contribution is -0.384. The molecule has 1 atom stereocenters. The summed E-state index contributed by atoms with van der Waals surface area (Å²) >= 11 is 6.25. The second kappa shape index (κ2) is 18.3. The molecular weight excluding hydrogens is 880 g/mol. The van der Waals surface area contributed by atoms with Crippen LogP contribution < -0.4 is 19.7 Å². The number of H-pyrrole nitrogens is 1. The number of pyridine rings is 1. The van der Waals surface area contributed by atoms with Crippen molar-refractivity contribution in [1.29, 1.82) is 0 Å². The Hall–Kier alpha value is -5.52. The summed E-state index contributed by atoms with van der Waals surface area (Å²) in [6.07, 6.45) is 8.88. The monoisotopic (exact) mass is 936 g/mol. The number of likely N-dealkylation sites (tertiary alicyclic amines) is 1. The summed E-state index contributed by atoms with van der Waals surface area (Å²) in [5, 5.41) is 27.4. The number of anilines is 2. The zero-order valence-electron chi connectivity index (χ0n) is 37.6. The third kappa shape index (κ3) is 10.2. The van der Waals surface area contributed by atoms with Crippen molar-refractivity contribution in [2.45, 2.75) is 82.3 Å². The van der Waals surface area contributed by atoms with Crippen LogP contribution in [-0.4, -0.2) is 108 Å². The molecule has 0 spiro atoms. The normalized spacial score (nSPS) is 20.0. The minimum atomic E-state index is -4.59. The van der Waals surface area contributed by atoms with Gasteiger partial charge in [0.05, 0.1) is 27.2 Å². The van der Waals surface area contributed by atoms with Crippen LogP contribution in [-0.2, 0) is 16.4 Å². The number of sulfonamides is 1. The van der Waals surface area contributed by atoms with Gasteiger partial charge >= 0.3 is 0 Å². The van der Waals surface area contributed by atoms with Gasteiger partial charge in [-0.3, -0.25) is 19.8 Å². The molecule has 0 bridgehead atoms. The van der Waals surface area contributed by atoms with Crippen LogP contribution in [0.4, 0.5) is 17.1 Å². The number of aliphatic hydroxyl groups is 1. The van der Waals surface area contributed by atoms with Crippen molar-refractivity contribution < 1.29 is 28.0 Å². The zero-order valence-corrected chi connectivity index (χ0v) is 39.2. The van der Waals surface area contributed by atoms with Gasteiger partial charge in [0.2, 0.25) is 0 Å². The highest BCUT2D eigenvalue weighted by Gasteiger charge is 2.35. The molecule has 3 aliphatic heterocycles. The topological polar surface area (TPSA) is 186 Å². The van der Waals surface area contributed by atoms with Gasteiger partial charge in [-0.25, -0.2) is 18.1 Å². The number of rotatable bonds is 13. The molecule has 2 fully saturated rings. The van der Waals surface area contributed by atoms with Crippen LogP contribution in [0.15, 0.2) is 89.6 Å². The number of amides is 1. The SMILES string of the molecule is CC1(C)CCC(CN2CCN(c3ccc(C(=O)NS(=O)(=O)c4cc5c(c([N+](=O)[O-])c4)N[C@H](CCN4CCC(C)(O)CC4)C5)c(Oc4cnc5[nH]ccc5c4)c3)CC2)=C(c2ccc(Cl)cc2)C1. The van der Waals surface area contributed by atoms with Crippen molar-refractivity contribution in [2.75, 3.05) is 62.6 Å². The number of aromatic nitrogens is 2. The van der Waals surface area contributed by atoms with Crippen molar-refractivity contribution in [3.8, 4) is 11.5 Å². The number of carbonyl (C=O) groups excluding carboxylic acids is 1. The molecule has 3 aromatic carbocycles. The quantitative estimate of drug-likeness (QED) is 0.0654. The predicted molar refractivity (Wildman–Crippen MR) is 257 cm³/mol. The largest absolute Gasteiger partial charge is 0.455 e. The van der Waals surface area contributed by atoms with Gasteiger partial charge in [-0.2, -0.15) is 0 Å². The molecule has 0 unspecified atom stereocenters. The van der Waals surface area contributed by atoms with Crippen molar-refractivity contribution >= 4 is 61.2 Å². The van der Waals surface area contributed by atoms with E-state index in [-0.39, 0.29) is 39.0 Å². The summed E-state index contributed by atoms with van der Waals surface area (Å²) in [6.45, 7) is 12.7. The average Bonchev–Trinajstić information content (AvgIpc) is 3.93. The Bertz CT molecular complexity index is 2790. The number of halogens is 1. The van der Waals surface area contributed by atoms with Gasteiger partial charge in [0, 0.05) is 92.8 Å². The number of piperazine rings is 1. The molecule has 5 heterocycles. The van der Waals surface area contributed by atoms with Crippen LogP contribution >= 0.6 is 11.6 Å². The standard InChI is InChI=1S/C49H57ClN8O7S/c1-48(2)13-10-34(42(29-48)32-4-6-36(50)7-5-32)31-56-20-22-57(23-21-56)38-8-9-41(44(27-38)65-39-25-33-11-16-51-46(33)52-30-39)47(59)54-66(63,64)40-26-35-24-37(53-45(35)43(28-40)58(61)62)12-17-55-18-14-49(3,60)15-19-55/h4-9,11,16,25-28,30,37,53,60H,10,12-15,17-24,29,31H2,1-3H3,(H,51,52)(H,54,59)/t37-/m1/s1. The van der Waals surface area contributed by atoms with E-state index >= 15 is 0 Å². The van der Waals surface area contributed by atoms with Crippen LogP contribution in [0.2, 0.25) is 5.02 Å². The second-order valence-electron chi connectivity index (χ2n) is 19.4. The molecule has 15 nitrogen and oxygen atoms in total. The number of hydrogen-bond acceptors (Lipinski definition) is 12. The first-order chi connectivity index (χ1) is 31.5. The van der Waals surface area contributed by atoms with Crippen LogP contribution in [0.1, 0.15) is 80.8 Å². The number of nitrogens with zero attached hydrogens (tertiary/aromatic N) is 5. The Morgan fingerprint density at radius 1 is 0.985 bits per heavy atom. The minimum absolute atomic E-state index is 0.0337. The van der Waals surface area contributed by atoms with Gasteiger partial charge in [0.1, 0.15) is 22.8 Å². The number of nitrogens with one attached hydrogen (secondary N) is 3. The highest BCUT2D eigenvalue weighted by Crippen LogP contribution is 2.44. The van der Waals surface area contributed by atoms with E-state index in [1.54, 1.807) is 30.5 Å². The fraction of sp³-hybridized carbons (Fsp3) is 0.429. The summed E-state index contributed by atoms with van der Waals surface area (Å²) < 4.78 is 36.5. The maximum absolute atomic E-state index is 14.1. The van der Waals surface area contributed by atoms with Gasteiger partial charge < -0.3 is 29.9 Å². The van der Waals surface area contributed by atoms with E-state index < -0.39 is 26.5 Å². The summed E-state index contributed by atoms with van der Waals surface area (Å²) in [5.74, 6) is -0.465. The number of aromatic amines is 1. The van der Waals surface area contributed by atoms with Crippen molar-refractivity contribution in [3.63, 3.8) is 0 Å². The molecule has 4 N–H and O–H groups in total. The third-order valence-electron chi connectivity index (χ3n) is 13.8. The van der Waals surface area contributed by atoms with E-state index in [4.69, 9.17) is 16.3 Å². The number of nitro benzene ring substituents is 1. The van der Waals surface area contributed by atoms with Crippen LogP contribution in [0, 0.1) is 15.5 Å². The molecule has 348 valence electrons. The van der Waals surface area contributed by atoms with Crippen molar-refractivity contribution in [3.05, 3.63) is 117 Å². The molecule has 2 saturated heterocycles. The van der Waals surface area contributed by atoms with Gasteiger partial charge in [-0.05, 0) is 116 Å². The third-order valence-corrected chi connectivity index (χ3v) is 15.4. The fourth-order valence-electron chi connectivity index (χ4n) is 9.79. The smallest absolute Gasteiger partial charge is 0.293 e. The number of carbonyl (C=O) groups is 1. The molecule has 17 heteroatoms. The van der Waals surface area contributed by atoms with E-state index in [2.05, 4.69) is 60.7 Å². The van der Waals surface area contributed by atoms with Crippen LogP contribution in [0.5, 0.6) is 11.5 Å². The van der Waals surface area contributed by atoms with Gasteiger partial charge in [-0.1, -0.05) is 43.2 Å². The molecule has 2 aromatic heterocycles. The Balaban J connectivity index is 0.920. The Labute approximate surface area is 390 Å². The lowest BCUT2D eigenvalue weighted by Crippen LogP contribution is -2.47. The number of fused-ring (bicyclic) bond motifs is 2. The molecule has 0 radical (unpaired) electrons. The first-order valence-electron chi connectivity index (χ1n) is 22.8. The molecule has 66 heavy (non-hydrogen) atoms. The molecule has 9 rings (SSSR count). The number of benzene rings is 3. The van der Waals surface area contributed by atoms with Crippen LogP contribution in [0.25, 0.3) is 16.6 Å². The maximum atomic E-state index is 14.1. The van der Waals surface area contributed by atoms with Gasteiger partial charge in [0.25, 0.3) is 21.6 Å². The first-order valence-corrected chi connectivity index (χ1v) is 24.6. The molecule has 0 saturated carbocycles. The van der Waals surface area contributed by atoms with Gasteiger partial charge in [0.15, 0.2) is 0 Å². The number of piperidine rings is 1. The number of nitro groups is 1. The number of hydrogen-bond donors (Lipinski definition) is 4. The second-order valence-corrected chi connectivity index (χ2v) is 21.5. The van der Waals surface area contributed by atoms with E-state index in [1.807, 2.05) is 25.1 Å². The molecule has 1 aliphatic carbocycles. The fourth-order valence-corrected chi connectivity index (χ4v) is 11.0. The molecule has 1 amide bonds. The zero-order chi connectivity index (χ0) is 46.4. The highest BCUT2D eigenvalue weighted by atomic mass is 35.5. The van der Waals surface area contributed by atoms with E-state index in [0.29, 0.717) is 42.6 Å². The Morgan fingerprint density at radius 2 is 1.74 bits per heavy atom. The van der Waals surface area contributed by atoms with Crippen molar-refractivity contribution in [1.82, 2.24) is 24.5 Å². The number of allylic oxidation sites excluding steroid dienone is 1. The van der Waals surface area contributed by atoms with Crippen molar-refractivity contribution in [2.24, 2.45) is 5.41 Å². The minimum Gasteiger partial charge on any atom is -0.455 e. The summed E-state index contributed by atoms with van der Waals surface area (Å²) in [5.41, 5.74) is 5.49. The lowest BCUT2D eigenvalue weighted by atomic mass is 9.72. The Kier molecular flexibility index (Phi) is 12.6. The first kappa shape index (κ1) is 45.6. The average molecular weight is 938 g/mol. The molecule has 4 aliphatic rings. The van der Waals surface area contributed by atoms with E-state index in [0.717, 1.165) is 93.8 Å². The summed E-state index contributed by atoms with van der Waals surface area (Å²) in [6, 6.07) is 19.2. The predicted octanol–water partition coefficient (Wildman–Crippen LogP) is 8.39. The van der Waals surface area contributed by atoms with E-state index in [1.165, 1.54) is 29.0 Å². The van der Waals surface area contributed by atoms with Gasteiger partial charge in [-0.15, -0.1) is 0 Å². The van der Waals surface area contributed by atoms with E-state index in [9.17, 15) is 28.4 Å². The molecular formula is C49H57ClN8O7S. The number of ether oxygens (including phenoxy) is 1. The molecule has 5 aromatic rings. The highest BCUT2D eigenvalue weighted by molar-refractivity contribution is 7.90. The summed E-state index contributed by atoms with van der Waals surface area (Å²) in [7, 11) is -4.59. The van der Waals surface area contributed by atoms with Crippen LogP contribution in [0.3, 0.4) is 0 Å². The lowest BCUT2D eigenvalue weighted by Gasteiger charge is -2.39.